The molecule has 2 heterocycles. The van der Waals surface area contributed by atoms with E-state index in [0.29, 0.717) is 40.8 Å². The summed E-state index contributed by atoms with van der Waals surface area (Å²) < 4.78 is 27.3. The topological polar surface area (TPSA) is 86.7 Å². The fraction of sp³-hybridized carbons (Fsp3) is 0.150. The summed E-state index contributed by atoms with van der Waals surface area (Å²) in [7, 11) is 0. The number of nitrogens with two attached hydrogens (primary N) is 1. The van der Waals surface area contributed by atoms with Gasteiger partial charge in [-0.3, -0.25) is 4.79 Å². The highest BCUT2D eigenvalue weighted by atomic mass is 19.1. The van der Waals surface area contributed by atoms with E-state index in [1.165, 1.54) is 18.2 Å². The highest BCUT2D eigenvalue weighted by Crippen LogP contribution is 2.27. The first-order valence-corrected chi connectivity index (χ1v) is 8.55. The second kappa shape index (κ2) is 6.42. The Hall–Kier alpha value is -3.35. The smallest absolute Gasteiger partial charge is 0.267 e. The van der Waals surface area contributed by atoms with Gasteiger partial charge in [0.2, 0.25) is 0 Å². The van der Waals surface area contributed by atoms with E-state index in [1.807, 2.05) is 6.92 Å². The third kappa shape index (κ3) is 3.12. The Labute approximate surface area is 153 Å². The average Bonchev–Trinajstić information content (AvgIpc) is 3.16. The molecule has 27 heavy (non-hydrogen) atoms. The number of amides is 1. The zero-order valence-electron chi connectivity index (χ0n) is 14.6. The molecule has 0 aliphatic rings. The molecule has 5 nitrogen and oxygen atoms in total. The molecule has 4 aromatic rings. The molecule has 0 spiro atoms. The minimum absolute atomic E-state index is 0.283. The lowest BCUT2D eigenvalue weighted by Crippen LogP contribution is -2.26. The summed E-state index contributed by atoms with van der Waals surface area (Å²) in [5.41, 5.74) is 9.33. The number of fused-ring (bicyclic) bond motifs is 2. The van der Waals surface area contributed by atoms with Crippen molar-refractivity contribution in [3.63, 3.8) is 0 Å². The first-order chi connectivity index (χ1) is 12.9. The maximum absolute atomic E-state index is 14.0. The molecular formula is C20H18F2N4O. The highest BCUT2D eigenvalue weighted by molar-refractivity contribution is 5.98. The molecule has 0 unspecified atom stereocenters. The van der Waals surface area contributed by atoms with E-state index in [9.17, 15) is 13.6 Å². The van der Waals surface area contributed by atoms with Crippen LogP contribution in [0.4, 0.5) is 14.5 Å². The van der Waals surface area contributed by atoms with Gasteiger partial charge in [0.1, 0.15) is 17.3 Å². The highest BCUT2D eigenvalue weighted by Gasteiger charge is 2.14. The Morgan fingerprint density at radius 1 is 1.15 bits per heavy atom. The number of anilines is 1. The molecule has 4 rings (SSSR count). The third-order valence-electron chi connectivity index (χ3n) is 4.69. The molecular weight excluding hydrogens is 350 g/mol. The molecule has 0 saturated carbocycles. The van der Waals surface area contributed by atoms with E-state index in [4.69, 9.17) is 5.73 Å². The largest absolute Gasteiger partial charge is 0.399 e. The number of benzene rings is 2. The molecule has 0 radical (unpaired) electrons. The molecule has 7 heteroatoms. The molecule has 0 saturated heterocycles. The number of carbonyl (C=O) groups is 1. The van der Waals surface area contributed by atoms with Gasteiger partial charge < -0.3 is 21.0 Å². The summed E-state index contributed by atoms with van der Waals surface area (Å²) in [4.78, 5) is 18.4. The Morgan fingerprint density at radius 3 is 2.78 bits per heavy atom. The van der Waals surface area contributed by atoms with Gasteiger partial charge in [0.15, 0.2) is 0 Å². The van der Waals surface area contributed by atoms with Gasteiger partial charge >= 0.3 is 0 Å². The number of nitrogen functional groups attached to an aromatic ring is 1. The predicted octanol–water partition coefficient (Wildman–Crippen LogP) is 3.79. The van der Waals surface area contributed by atoms with Gasteiger partial charge in [0.05, 0.1) is 5.52 Å². The minimum Gasteiger partial charge on any atom is -0.399 e. The van der Waals surface area contributed by atoms with Gasteiger partial charge in [-0.15, -0.1) is 0 Å². The number of carbonyl (C=O) groups excluding carboxylic acids is 1. The van der Waals surface area contributed by atoms with Crippen LogP contribution in [0.5, 0.6) is 0 Å². The van der Waals surface area contributed by atoms with Crippen molar-refractivity contribution in [1.29, 1.82) is 0 Å². The monoisotopic (exact) mass is 368 g/mol. The normalized spacial score (nSPS) is 11.4. The Kier molecular flexibility index (Phi) is 4.07. The fourth-order valence-electron chi connectivity index (χ4n) is 3.40. The van der Waals surface area contributed by atoms with Gasteiger partial charge in [-0.05, 0) is 55.3 Å². The van der Waals surface area contributed by atoms with Crippen LogP contribution in [0, 0.1) is 18.6 Å². The van der Waals surface area contributed by atoms with Crippen molar-refractivity contribution in [3.05, 3.63) is 65.0 Å². The molecule has 0 aliphatic carbocycles. The number of rotatable bonds is 4. The molecule has 1 amide bonds. The standard InChI is InChI=1S/C20H18F2N4O/c1-10-14(15-8-13(23)9-16(22)19(15)25-10)4-5-24-20(27)18-7-11-6-12(21)2-3-17(11)26-18/h2-3,6-9,25-26H,4-5,23H2,1H3,(H,24,27). The Bertz CT molecular complexity index is 1180. The van der Waals surface area contributed by atoms with E-state index in [2.05, 4.69) is 15.3 Å². The number of hydrogen-bond donors (Lipinski definition) is 4. The van der Waals surface area contributed by atoms with Gasteiger partial charge in [-0.25, -0.2) is 8.78 Å². The van der Waals surface area contributed by atoms with Crippen LogP contribution in [-0.2, 0) is 6.42 Å². The molecule has 138 valence electrons. The van der Waals surface area contributed by atoms with E-state index in [1.54, 1.807) is 18.2 Å². The van der Waals surface area contributed by atoms with Crippen LogP contribution in [0.2, 0.25) is 0 Å². The van der Waals surface area contributed by atoms with Crippen LogP contribution in [0.15, 0.2) is 36.4 Å². The van der Waals surface area contributed by atoms with Gasteiger partial charge in [-0.1, -0.05) is 0 Å². The lowest BCUT2D eigenvalue weighted by Gasteiger charge is -2.05. The van der Waals surface area contributed by atoms with E-state index < -0.39 is 5.82 Å². The average molecular weight is 368 g/mol. The van der Waals surface area contributed by atoms with Crippen molar-refractivity contribution >= 4 is 33.4 Å². The maximum atomic E-state index is 14.0. The third-order valence-corrected chi connectivity index (χ3v) is 4.69. The molecule has 2 aromatic carbocycles. The molecule has 0 bridgehead atoms. The molecule has 2 aromatic heterocycles. The van der Waals surface area contributed by atoms with Crippen molar-refractivity contribution in [3.8, 4) is 0 Å². The molecule has 0 fully saturated rings. The SMILES string of the molecule is Cc1[nH]c2c(F)cc(N)cc2c1CCNC(=O)c1cc2cc(F)ccc2[nH]1. The number of aryl methyl sites for hydroxylation is 1. The second-order valence-electron chi connectivity index (χ2n) is 6.57. The summed E-state index contributed by atoms with van der Waals surface area (Å²) >= 11 is 0. The summed E-state index contributed by atoms with van der Waals surface area (Å²) in [6, 6.07) is 8.92. The van der Waals surface area contributed by atoms with E-state index in [-0.39, 0.29) is 11.7 Å². The number of H-pyrrole nitrogens is 2. The lowest BCUT2D eigenvalue weighted by atomic mass is 10.1. The number of aromatic amines is 2. The van der Waals surface area contributed by atoms with Crippen molar-refractivity contribution in [2.45, 2.75) is 13.3 Å². The number of hydrogen-bond acceptors (Lipinski definition) is 2. The van der Waals surface area contributed by atoms with Crippen LogP contribution in [0.25, 0.3) is 21.8 Å². The van der Waals surface area contributed by atoms with Crippen LogP contribution < -0.4 is 11.1 Å². The molecule has 0 aliphatic heterocycles. The van der Waals surface area contributed by atoms with E-state index >= 15 is 0 Å². The zero-order chi connectivity index (χ0) is 19.1. The summed E-state index contributed by atoms with van der Waals surface area (Å²) in [5.74, 6) is -1.03. The van der Waals surface area contributed by atoms with Crippen LogP contribution in [0.1, 0.15) is 21.7 Å². The van der Waals surface area contributed by atoms with E-state index in [0.717, 1.165) is 16.6 Å². The van der Waals surface area contributed by atoms with Gasteiger partial charge in [-0.2, -0.15) is 0 Å². The first kappa shape index (κ1) is 17.1. The summed E-state index contributed by atoms with van der Waals surface area (Å²) in [6.07, 6.45) is 0.523. The van der Waals surface area contributed by atoms with Crippen LogP contribution in [-0.4, -0.2) is 22.4 Å². The lowest BCUT2D eigenvalue weighted by molar-refractivity contribution is 0.0950. The maximum Gasteiger partial charge on any atom is 0.267 e. The van der Waals surface area contributed by atoms with Crippen LogP contribution >= 0.6 is 0 Å². The van der Waals surface area contributed by atoms with Crippen molar-refractivity contribution in [2.75, 3.05) is 12.3 Å². The molecule has 0 atom stereocenters. The number of halogens is 2. The van der Waals surface area contributed by atoms with Crippen molar-refractivity contribution in [1.82, 2.24) is 15.3 Å². The minimum atomic E-state index is -0.395. The Morgan fingerprint density at radius 2 is 1.96 bits per heavy atom. The first-order valence-electron chi connectivity index (χ1n) is 8.55. The van der Waals surface area contributed by atoms with Gasteiger partial charge in [0, 0.05) is 34.2 Å². The zero-order valence-corrected chi connectivity index (χ0v) is 14.6. The van der Waals surface area contributed by atoms with Gasteiger partial charge in [0.25, 0.3) is 5.91 Å². The Balaban J connectivity index is 1.50. The second-order valence-corrected chi connectivity index (χ2v) is 6.57. The summed E-state index contributed by atoms with van der Waals surface area (Å²) in [6.45, 7) is 2.23. The quantitative estimate of drug-likeness (QED) is 0.413. The fourth-order valence-corrected chi connectivity index (χ4v) is 3.40. The van der Waals surface area contributed by atoms with Crippen molar-refractivity contribution in [2.24, 2.45) is 0 Å². The predicted molar refractivity (Wildman–Crippen MR) is 102 cm³/mol. The molecule has 5 N–H and O–H groups in total. The number of nitrogens with one attached hydrogen (secondary N) is 3. The summed E-state index contributed by atoms with van der Waals surface area (Å²) in [5, 5.41) is 4.19. The van der Waals surface area contributed by atoms with Crippen LogP contribution in [0.3, 0.4) is 0 Å². The van der Waals surface area contributed by atoms with Crippen molar-refractivity contribution < 1.29 is 13.6 Å². The number of aromatic nitrogens is 2.